The molecule has 0 heterocycles. The molecule has 0 aliphatic rings. The first-order valence-electron chi connectivity index (χ1n) is 4.26. The Bertz CT molecular complexity index is 265. The lowest BCUT2D eigenvalue weighted by atomic mass is 10.2. The van der Waals surface area contributed by atoms with E-state index in [1.54, 1.807) is 0 Å². The Hall–Kier alpha value is 0.01000. The topological polar surface area (TPSA) is 3.24 Å². The lowest BCUT2D eigenvalue weighted by molar-refractivity contribution is 0.349. The van der Waals surface area contributed by atoms with Gasteiger partial charge in [-0.1, -0.05) is 28.1 Å². The summed E-state index contributed by atoms with van der Waals surface area (Å²) < 4.78 is 1.14. The van der Waals surface area contributed by atoms with Crippen LogP contribution < -0.4 is 0 Å². The SMILES string of the molecule is CN(CCS)Cc1cccc(Br)c1. The fraction of sp³-hybridized carbons (Fsp3) is 0.400. The molecule has 3 heteroatoms. The summed E-state index contributed by atoms with van der Waals surface area (Å²) in [5, 5.41) is 0. The molecule has 1 rings (SSSR count). The van der Waals surface area contributed by atoms with Gasteiger partial charge in [-0.05, 0) is 24.7 Å². The van der Waals surface area contributed by atoms with Crippen molar-refractivity contribution in [1.29, 1.82) is 0 Å². The summed E-state index contributed by atoms with van der Waals surface area (Å²) >= 11 is 7.65. The van der Waals surface area contributed by atoms with Gasteiger partial charge in [0.1, 0.15) is 0 Å². The molecule has 13 heavy (non-hydrogen) atoms. The maximum absolute atomic E-state index is 4.20. The van der Waals surface area contributed by atoms with Crippen LogP contribution in [0.5, 0.6) is 0 Å². The largest absolute Gasteiger partial charge is 0.301 e. The summed E-state index contributed by atoms with van der Waals surface area (Å²) in [5.74, 6) is 0.907. The highest BCUT2D eigenvalue weighted by molar-refractivity contribution is 9.10. The van der Waals surface area contributed by atoms with Gasteiger partial charge in [-0.3, -0.25) is 0 Å². The second-order valence-electron chi connectivity index (χ2n) is 3.09. The van der Waals surface area contributed by atoms with Gasteiger partial charge in [0.05, 0.1) is 0 Å². The standard InChI is InChI=1S/C10H14BrNS/c1-12(5-6-13)8-9-3-2-4-10(11)7-9/h2-4,7,13H,5-6,8H2,1H3. The highest BCUT2D eigenvalue weighted by atomic mass is 79.9. The van der Waals surface area contributed by atoms with Crippen LogP contribution in [0, 0.1) is 0 Å². The number of hydrogen-bond donors (Lipinski definition) is 1. The van der Waals surface area contributed by atoms with E-state index in [0.717, 1.165) is 23.3 Å². The molecular formula is C10H14BrNS. The molecule has 0 saturated carbocycles. The number of hydrogen-bond acceptors (Lipinski definition) is 2. The lowest BCUT2D eigenvalue weighted by Crippen LogP contribution is -2.19. The average Bonchev–Trinajstić information content (AvgIpc) is 2.04. The van der Waals surface area contributed by atoms with Crippen LogP contribution in [0.25, 0.3) is 0 Å². The van der Waals surface area contributed by atoms with Gasteiger partial charge in [0.15, 0.2) is 0 Å². The zero-order valence-electron chi connectivity index (χ0n) is 7.70. The minimum absolute atomic E-state index is 0.907. The van der Waals surface area contributed by atoms with E-state index in [1.165, 1.54) is 5.56 Å². The fourth-order valence-corrected chi connectivity index (χ4v) is 1.98. The van der Waals surface area contributed by atoms with Gasteiger partial charge in [-0.25, -0.2) is 0 Å². The van der Waals surface area contributed by atoms with Gasteiger partial charge >= 0.3 is 0 Å². The van der Waals surface area contributed by atoms with Gasteiger partial charge in [0.25, 0.3) is 0 Å². The Morgan fingerprint density at radius 3 is 2.85 bits per heavy atom. The van der Waals surface area contributed by atoms with Crippen molar-refractivity contribution < 1.29 is 0 Å². The molecule has 0 bridgehead atoms. The second-order valence-corrected chi connectivity index (χ2v) is 4.45. The van der Waals surface area contributed by atoms with Crippen molar-refractivity contribution in [3.63, 3.8) is 0 Å². The van der Waals surface area contributed by atoms with E-state index in [-0.39, 0.29) is 0 Å². The monoisotopic (exact) mass is 259 g/mol. The third-order valence-corrected chi connectivity index (χ3v) is 2.52. The predicted molar refractivity (Wildman–Crippen MR) is 64.3 cm³/mol. The van der Waals surface area contributed by atoms with Crippen molar-refractivity contribution in [2.45, 2.75) is 6.54 Å². The number of thiol groups is 1. The summed E-state index contributed by atoms with van der Waals surface area (Å²) in [7, 11) is 2.11. The highest BCUT2D eigenvalue weighted by Crippen LogP contribution is 2.12. The molecule has 0 fully saturated rings. The highest BCUT2D eigenvalue weighted by Gasteiger charge is 1.98. The molecule has 0 amide bonds. The third kappa shape index (κ3) is 4.16. The van der Waals surface area contributed by atoms with Crippen molar-refractivity contribution in [2.75, 3.05) is 19.3 Å². The first-order valence-corrected chi connectivity index (χ1v) is 5.69. The molecule has 1 aromatic rings. The first-order chi connectivity index (χ1) is 6.22. The summed E-state index contributed by atoms with van der Waals surface area (Å²) in [6.45, 7) is 2.01. The molecule has 0 spiro atoms. The van der Waals surface area contributed by atoms with Crippen molar-refractivity contribution in [1.82, 2.24) is 4.90 Å². The summed E-state index contributed by atoms with van der Waals surface area (Å²) in [4.78, 5) is 2.26. The van der Waals surface area contributed by atoms with E-state index in [2.05, 4.69) is 58.7 Å². The zero-order valence-corrected chi connectivity index (χ0v) is 10.2. The Morgan fingerprint density at radius 2 is 2.23 bits per heavy atom. The van der Waals surface area contributed by atoms with Crippen LogP contribution >= 0.6 is 28.6 Å². The van der Waals surface area contributed by atoms with Crippen LogP contribution in [-0.2, 0) is 6.54 Å². The smallest absolute Gasteiger partial charge is 0.0231 e. The summed E-state index contributed by atoms with van der Waals surface area (Å²) in [6, 6.07) is 8.39. The quantitative estimate of drug-likeness (QED) is 0.815. The number of rotatable bonds is 4. The van der Waals surface area contributed by atoms with Crippen LogP contribution in [0.2, 0.25) is 0 Å². The molecule has 0 aromatic heterocycles. The van der Waals surface area contributed by atoms with Gasteiger partial charge < -0.3 is 4.90 Å². The molecule has 72 valence electrons. The predicted octanol–water partition coefficient (Wildman–Crippen LogP) is 2.81. The van der Waals surface area contributed by atoms with Crippen LogP contribution in [0.3, 0.4) is 0 Å². The van der Waals surface area contributed by atoms with Gasteiger partial charge in [-0.15, -0.1) is 0 Å². The molecule has 0 aliphatic heterocycles. The molecule has 0 N–H and O–H groups in total. The maximum Gasteiger partial charge on any atom is 0.0231 e. The Balaban J connectivity index is 2.53. The van der Waals surface area contributed by atoms with Crippen molar-refractivity contribution in [2.24, 2.45) is 0 Å². The molecule has 1 aromatic carbocycles. The zero-order chi connectivity index (χ0) is 9.68. The van der Waals surface area contributed by atoms with E-state index in [4.69, 9.17) is 0 Å². The van der Waals surface area contributed by atoms with Crippen molar-refractivity contribution in [3.05, 3.63) is 34.3 Å². The number of nitrogens with zero attached hydrogens (tertiary/aromatic N) is 1. The van der Waals surface area contributed by atoms with Gasteiger partial charge in [-0.2, -0.15) is 12.6 Å². The Labute approximate surface area is 93.7 Å². The van der Waals surface area contributed by atoms with E-state index >= 15 is 0 Å². The Morgan fingerprint density at radius 1 is 1.46 bits per heavy atom. The van der Waals surface area contributed by atoms with Crippen LogP contribution in [-0.4, -0.2) is 24.2 Å². The van der Waals surface area contributed by atoms with Crippen molar-refractivity contribution >= 4 is 28.6 Å². The van der Waals surface area contributed by atoms with Gasteiger partial charge in [0, 0.05) is 23.3 Å². The van der Waals surface area contributed by atoms with Crippen LogP contribution in [0.15, 0.2) is 28.7 Å². The average molecular weight is 260 g/mol. The van der Waals surface area contributed by atoms with Crippen LogP contribution in [0.4, 0.5) is 0 Å². The minimum Gasteiger partial charge on any atom is -0.301 e. The maximum atomic E-state index is 4.20. The van der Waals surface area contributed by atoms with Crippen molar-refractivity contribution in [3.8, 4) is 0 Å². The fourth-order valence-electron chi connectivity index (χ4n) is 1.20. The van der Waals surface area contributed by atoms with Crippen LogP contribution in [0.1, 0.15) is 5.56 Å². The first kappa shape index (κ1) is 11.1. The normalized spacial score (nSPS) is 10.8. The van der Waals surface area contributed by atoms with E-state index in [9.17, 15) is 0 Å². The third-order valence-electron chi connectivity index (χ3n) is 1.82. The molecule has 0 aliphatic carbocycles. The lowest BCUT2D eigenvalue weighted by Gasteiger charge is -2.15. The summed E-state index contributed by atoms with van der Waals surface area (Å²) in [6.07, 6.45) is 0. The molecule has 1 nitrogen and oxygen atoms in total. The molecular weight excluding hydrogens is 246 g/mol. The summed E-state index contributed by atoms with van der Waals surface area (Å²) in [5.41, 5.74) is 1.33. The molecule has 0 saturated heterocycles. The second kappa shape index (κ2) is 5.68. The molecule has 0 unspecified atom stereocenters. The number of benzene rings is 1. The molecule has 0 atom stereocenters. The van der Waals surface area contributed by atoms with E-state index < -0.39 is 0 Å². The number of halogens is 1. The Kier molecular flexibility index (Phi) is 4.84. The van der Waals surface area contributed by atoms with Gasteiger partial charge in [0.2, 0.25) is 0 Å². The minimum atomic E-state index is 0.907. The van der Waals surface area contributed by atoms with E-state index in [1.807, 2.05) is 6.07 Å². The van der Waals surface area contributed by atoms with E-state index in [0.29, 0.717) is 0 Å². The molecule has 0 radical (unpaired) electrons.